The molecule has 0 saturated heterocycles. The van der Waals surface area contributed by atoms with E-state index in [0.717, 1.165) is 12.1 Å². The van der Waals surface area contributed by atoms with Crippen LogP contribution in [0.5, 0.6) is 0 Å². The summed E-state index contributed by atoms with van der Waals surface area (Å²) in [6, 6.07) is 10.5. The van der Waals surface area contributed by atoms with Crippen molar-refractivity contribution in [1.29, 1.82) is 5.26 Å². The van der Waals surface area contributed by atoms with Gasteiger partial charge in [-0.25, -0.2) is 4.39 Å². The van der Waals surface area contributed by atoms with Crippen LogP contribution in [0.4, 0.5) is 36.4 Å². The predicted octanol–water partition coefficient (Wildman–Crippen LogP) is 4.84. The van der Waals surface area contributed by atoms with Gasteiger partial charge in [-0.15, -0.1) is 0 Å². The Hall–Kier alpha value is -3.29. The van der Waals surface area contributed by atoms with E-state index in [-0.39, 0.29) is 24.2 Å². The number of nitrogens with one attached hydrogen (secondary N) is 2. The SMILES string of the molecule is N#CCNc1ccccc1C(=O)NCc1ccc(C(F)(C(F)(F)F)C(F)(F)F)cc1. The molecule has 0 bridgehead atoms. The Morgan fingerprint density at radius 3 is 2.00 bits per heavy atom. The monoisotopic (exact) mass is 433 g/mol. The van der Waals surface area contributed by atoms with Gasteiger partial charge >= 0.3 is 18.0 Å². The van der Waals surface area contributed by atoms with Crippen LogP contribution in [0, 0.1) is 11.3 Å². The molecule has 0 spiro atoms. The van der Waals surface area contributed by atoms with Crippen molar-refractivity contribution in [2.24, 2.45) is 0 Å². The van der Waals surface area contributed by atoms with Crippen molar-refractivity contribution in [3.8, 4) is 6.07 Å². The first-order chi connectivity index (χ1) is 13.9. The molecule has 30 heavy (non-hydrogen) atoms. The number of nitrogens with zero attached hydrogens (tertiary/aromatic N) is 1. The Labute approximate surface area is 166 Å². The van der Waals surface area contributed by atoms with Gasteiger partial charge in [-0.2, -0.15) is 31.6 Å². The second-order valence-electron chi connectivity index (χ2n) is 6.09. The first-order valence-corrected chi connectivity index (χ1v) is 8.31. The molecule has 11 heteroatoms. The van der Waals surface area contributed by atoms with Crippen LogP contribution in [0.15, 0.2) is 48.5 Å². The van der Waals surface area contributed by atoms with E-state index in [1.54, 1.807) is 18.2 Å². The van der Waals surface area contributed by atoms with Crippen molar-refractivity contribution in [2.45, 2.75) is 24.6 Å². The molecule has 0 aliphatic heterocycles. The minimum atomic E-state index is -6.19. The molecule has 0 fully saturated rings. The molecule has 2 aromatic carbocycles. The fraction of sp³-hybridized carbons (Fsp3) is 0.263. The number of rotatable bonds is 6. The zero-order chi connectivity index (χ0) is 22.6. The highest BCUT2D eigenvalue weighted by Gasteiger charge is 2.73. The average Bonchev–Trinajstić information content (AvgIpc) is 2.68. The third-order valence-corrected chi connectivity index (χ3v) is 4.12. The lowest BCUT2D eigenvalue weighted by Gasteiger charge is -2.30. The molecule has 1 amide bonds. The smallest absolute Gasteiger partial charge is 0.372 e. The van der Waals surface area contributed by atoms with E-state index in [4.69, 9.17) is 5.26 Å². The summed E-state index contributed by atoms with van der Waals surface area (Å²) in [7, 11) is 0. The Kier molecular flexibility index (Phi) is 6.60. The number of alkyl halides is 7. The van der Waals surface area contributed by atoms with Crippen LogP contribution < -0.4 is 10.6 Å². The normalized spacial score (nSPS) is 12.2. The summed E-state index contributed by atoms with van der Waals surface area (Å²) in [4.78, 5) is 12.3. The van der Waals surface area contributed by atoms with Gasteiger partial charge in [-0.3, -0.25) is 4.79 Å². The van der Waals surface area contributed by atoms with Crippen molar-refractivity contribution in [3.63, 3.8) is 0 Å². The lowest BCUT2D eigenvalue weighted by atomic mass is 9.93. The summed E-state index contributed by atoms with van der Waals surface area (Å²) in [5, 5.41) is 13.8. The molecule has 0 heterocycles. The maximum Gasteiger partial charge on any atom is 0.435 e. The molecule has 0 saturated carbocycles. The molecule has 2 rings (SSSR count). The number of nitriles is 1. The molecule has 4 nitrogen and oxygen atoms in total. The Bertz CT molecular complexity index is 917. The minimum Gasteiger partial charge on any atom is -0.372 e. The molecule has 0 radical (unpaired) electrons. The third kappa shape index (κ3) is 4.64. The number of carbonyl (C=O) groups excluding carboxylic acids is 1. The van der Waals surface area contributed by atoms with Gasteiger partial charge < -0.3 is 10.6 Å². The summed E-state index contributed by atoms with van der Waals surface area (Å²) in [5.41, 5.74) is -6.41. The lowest BCUT2D eigenvalue weighted by Crippen LogP contribution is -2.50. The maximum atomic E-state index is 14.0. The molecule has 0 aliphatic rings. The summed E-state index contributed by atoms with van der Waals surface area (Å²) in [6.45, 7) is -0.293. The van der Waals surface area contributed by atoms with Crippen LogP contribution in [0.25, 0.3) is 0 Å². The van der Waals surface area contributed by atoms with Crippen molar-refractivity contribution in [2.75, 3.05) is 11.9 Å². The van der Waals surface area contributed by atoms with Gasteiger partial charge in [0.05, 0.1) is 11.6 Å². The number of anilines is 1. The van der Waals surface area contributed by atoms with Gasteiger partial charge in [-0.05, 0) is 17.7 Å². The third-order valence-electron chi connectivity index (χ3n) is 4.12. The first kappa shape index (κ1) is 23.0. The van der Waals surface area contributed by atoms with E-state index in [9.17, 15) is 35.5 Å². The van der Waals surface area contributed by atoms with Gasteiger partial charge in [-0.1, -0.05) is 36.4 Å². The first-order valence-electron chi connectivity index (χ1n) is 8.31. The molecule has 160 valence electrons. The predicted molar refractivity (Wildman–Crippen MR) is 93.1 cm³/mol. The standard InChI is InChI=1S/C19H14F7N3O/c20-17(18(21,22)23,19(24,25)26)13-7-5-12(6-8-13)11-29-16(30)14-3-1-2-4-15(14)28-10-9-27/h1-8,28H,10-11H2,(H,29,30). The van der Waals surface area contributed by atoms with Gasteiger partial charge in [0.1, 0.15) is 6.54 Å². The van der Waals surface area contributed by atoms with Crippen LogP contribution in [-0.2, 0) is 12.2 Å². The maximum absolute atomic E-state index is 14.0. The van der Waals surface area contributed by atoms with Crippen LogP contribution in [0.3, 0.4) is 0 Å². The number of amides is 1. The molecular weight excluding hydrogens is 419 g/mol. The number of hydrogen-bond donors (Lipinski definition) is 2. The zero-order valence-corrected chi connectivity index (χ0v) is 15.0. The van der Waals surface area contributed by atoms with Gasteiger partial charge in [0.15, 0.2) is 0 Å². The quantitative estimate of drug-likeness (QED) is 0.506. The van der Waals surface area contributed by atoms with E-state index in [1.807, 2.05) is 6.07 Å². The fourth-order valence-electron chi connectivity index (χ4n) is 2.59. The summed E-state index contributed by atoms with van der Waals surface area (Å²) < 4.78 is 90.7. The second-order valence-corrected chi connectivity index (χ2v) is 6.09. The second kappa shape index (κ2) is 8.61. The Morgan fingerprint density at radius 2 is 1.47 bits per heavy atom. The number of halogens is 7. The molecule has 0 aliphatic carbocycles. The van der Waals surface area contributed by atoms with E-state index < -0.39 is 29.5 Å². The fourth-order valence-corrected chi connectivity index (χ4v) is 2.59. The van der Waals surface area contributed by atoms with E-state index in [1.165, 1.54) is 6.07 Å². The van der Waals surface area contributed by atoms with Crippen LogP contribution >= 0.6 is 0 Å². The molecule has 2 aromatic rings. The highest BCUT2D eigenvalue weighted by atomic mass is 19.4. The van der Waals surface area contributed by atoms with E-state index >= 15 is 0 Å². The highest BCUT2D eigenvalue weighted by Crippen LogP contribution is 2.53. The molecule has 2 N–H and O–H groups in total. The zero-order valence-electron chi connectivity index (χ0n) is 15.0. The average molecular weight is 433 g/mol. The number of carbonyl (C=O) groups is 1. The van der Waals surface area contributed by atoms with E-state index in [0.29, 0.717) is 17.8 Å². The molecular formula is C19H14F7N3O. The lowest BCUT2D eigenvalue weighted by molar-refractivity contribution is -0.348. The van der Waals surface area contributed by atoms with Gasteiger partial charge in [0, 0.05) is 17.8 Å². The Morgan fingerprint density at radius 1 is 0.900 bits per heavy atom. The van der Waals surface area contributed by atoms with Crippen molar-refractivity contribution < 1.29 is 35.5 Å². The van der Waals surface area contributed by atoms with Crippen molar-refractivity contribution in [3.05, 3.63) is 65.2 Å². The minimum absolute atomic E-state index is 0.0604. The molecule has 0 aromatic heterocycles. The number of hydrogen-bond acceptors (Lipinski definition) is 3. The van der Waals surface area contributed by atoms with E-state index in [2.05, 4.69) is 10.6 Å². The van der Waals surface area contributed by atoms with Crippen LogP contribution in [0.2, 0.25) is 0 Å². The van der Waals surface area contributed by atoms with Gasteiger partial charge in [0.2, 0.25) is 0 Å². The topological polar surface area (TPSA) is 64.9 Å². The highest BCUT2D eigenvalue weighted by molar-refractivity contribution is 5.99. The molecule has 0 unspecified atom stereocenters. The summed E-state index contributed by atoms with van der Waals surface area (Å²) >= 11 is 0. The van der Waals surface area contributed by atoms with Crippen molar-refractivity contribution in [1.82, 2.24) is 5.32 Å². The Balaban J connectivity index is 2.16. The van der Waals surface area contributed by atoms with Crippen molar-refractivity contribution >= 4 is 11.6 Å². The summed E-state index contributed by atoms with van der Waals surface area (Å²) in [5.74, 6) is -0.592. The molecule has 0 atom stereocenters. The van der Waals surface area contributed by atoms with Crippen LogP contribution in [0.1, 0.15) is 21.5 Å². The number of benzene rings is 2. The summed E-state index contributed by atoms with van der Waals surface area (Å²) in [6.07, 6.45) is -12.4. The number of para-hydroxylation sites is 1. The van der Waals surface area contributed by atoms with Crippen LogP contribution in [-0.4, -0.2) is 24.8 Å². The van der Waals surface area contributed by atoms with Gasteiger partial charge in [0.25, 0.3) is 5.91 Å². The largest absolute Gasteiger partial charge is 0.435 e.